The highest BCUT2D eigenvalue weighted by Crippen LogP contribution is 2.65. The van der Waals surface area contributed by atoms with Crippen molar-refractivity contribution in [3.8, 4) is 0 Å². The van der Waals surface area contributed by atoms with Gasteiger partial charge >= 0.3 is 5.97 Å². The molecular formula is C26H26ClNO2S. The monoisotopic (exact) mass is 451 g/mol. The number of anilines is 1. The summed E-state index contributed by atoms with van der Waals surface area (Å²) in [5.41, 5.74) is 5.67. The standard InChI is InChI=1S/C26H26ClNO2S/c1-17-11-5-8-14-21(17)25(24(29)30)20(4)28(23-16-10-7-13-19(23)3)26(27,31-25)22-15-9-6-12-18(22)2/h5-16,20H,1-4H3,(H,29,30). The van der Waals surface area contributed by atoms with Crippen LogP contribution in [0.5, 0.6) is 0 Å². The number of aliphatic carboxylic acids is 1. The molecule has 1 aliphatic heterocycles. The molecule has 5 heteroatoms. The van der Waals surface area contributed by atoms with Crippen LogP contribution < -0.4 is 4.90 Å². The average molecular weight is 452 g/mol. The molecule has 31 heavy (non-hydrogen) atoms. The maximum atomic E-state index is 13.0. The minimum absolute atomic E-state index is 0.408. The van der Waals surface area contributed by atoms with Gasteiger partial charge in [-0.2, -0.15) is 0 Å². The third-order valence-electron chi connectivity index (χ3n) is 6.30. The Labute approximate surface area is 193 Å². The van der Waals surface area contributed by atoms with Gasteiger partial charge in [0.15, 0.2) is 9.08 Å². The first-order chi connectivity index (χ1) is 14.7. The molecule has 0 bridgehead atoms. The predicted octanol–water partition coefficient (Wildman–Crippen LogP) is 6.58. The first-order valence-electron chi connectivity index (χ1n) is 10.3. The minimum atomic E-state index is -1.24. The molecule has 4 rings (SSSR count). The molecule has 0 radical (unpaired) electrons. The number of hydrogen-bond acceptors (Lipinski definition) is 3. The van der Waals surface area contributed by atoms with Crippen LogP contribution in [0.25, 0.3) is 0 Å². The fourth-order valence-corrected chi connectivity index (χ4v) is 7.32. The van der Waals surface area contributed by atoms with Gasteiger partial charge in [-0.25, -0.2) is 0 Å². The highest BCUT2D eigenvalue weighted by atomic mass is 35.5. The zero-order valence-corrected chi connectivity index (χ0v) is 19.7. The summed E-state index contributed by atoms with van der Waals surface area (Å²) in [6, 6.07) is 23.3. The Bertz CT molecular complexity index is 1150. The van der Waals surface area contributed by atoms with E-state index in [1.165, 1.54) is 11.8 Å². The van der Waals surface area contributed by atoms with Crippen molar-refractivity contribution >= 4 is 35.0 Å². The van der Waals surface area contributed by atoms with Crippen molar-refractivity contribution in [1.29, 1.82) is 0 Å². The molecule has 0 aromatic heterocycles. The Morgan fingerprint density at radius 3 is 1.87 bits per heavy atom. The molecule has 3 unspecified atom stereocenters. The van der Waals surface area contributed by atoms with Gasteiger partial charge in [-0.1, -0.05) is 90.1 Å². The molecule has 0 aliphatic carbocycles. The minimum Gasteiger partial charge on any atom is -0.480 e. The summed E-state index contributed by atoms with van der Waals surface area (Å²) in [7, 11) is 0. The van der Waals surface area contributed by atoms with Crippen LogP contribution in [0.1, 0.15) is 34.7 Å². The van der Waals surface area contributed by atoms with Gasteiger partial charge in [-0.05, 0) is 56.0 Å². The fraction of sp³-hybridized carbons (Fsp3) is 0.269. The average Bonchev–Trinajstić information content (AvgIpc) is 2.98. The first kappa shape index (κ1) is 21.8. The molecule has 160 valence electrons. The first-order valence-corrected chi connectivity index (χ1v) is 11.5. The van der Waals surface area contributed by atoms with E-state index in [9.17, 15) is 9.90 Å². The Balaban J connectivity index is 2.05. The van der Waals surface area contributed by atoms with Crippen LogP contribution >= 0.6 is 23.4 Å². The van der Waals surface area contributed by atoms with Crippen molar-refractivity contribution < 1.29 is 9.90 Å². The summed E-state index contributed by atoms with van der Waals surface area (Å²) < 4.78 is -2.32. The van der Waals surface area contributed by atoms with Gasteiger partial charge in [0, 0.05) is 11.3 Å². The number of benzene rings is 3. The zero-order valence-electron chi connectivity index (χ0n) is 18.1. The second-order valence-corrected chi connectivity index (χ2v) is 10.4. The molecule has 0 saturated carbocycles. The highest BCUT2D eigenvalue weighted by Gasteiger charge is 2.64. The zero-order chi connectivity index (χ0) is 22.4. The highest BCUT2D eigenvalue weighted by molar-refractivity contribution is 8.03. The fourth-order valence-electron chi connectivity index (χ4n) is 4.69. The second kappa shape index (κ2) is 7.92. The normalized spacial score (nSPS) is 25.6. The summed E-state index contributed by atoms with van der Waals surface area (Å²) >= 11 is 8.84. The Hall–Kier alpha value is -2.43. The number of hydrogen-bond donors (Lipinski definition) is 1. The topological polar surface area (TPSA) is 40.5 Å². The van der Waals surface area contributed by atoms with Crippen molar-refractivity contribution in [2.75, 3.05) is 4.90 Å². The van der Waals surface area contributed by atoms with Crippen molar-refractivity contribution in [2.24, 2.45) is 0 Å². The number of alkyl halides is 1. The molecule has 1 heterocycles. The lowest BCUT2D eigenvalue weighted by atomic mass is 9.87. The molecule has 3 nitrogen and oxygen atoms in total. The molecular weight excluding hydrogens is 426 g/mol. The van der Waals surface area contributed by atoms with Crippen LogP contribution in [0.2, 0.25) is 0 Å². The van der Waals surface area contributed by atoms with Gasteiger partial charge in [0.05, 0.1) is 6.04 Å². The largest absolute Gasteiger partial charge is 0.480 e. The van der Waals surface area contributed by atoms with E-state index in [-0.39, 0.29) is 0 Å². The predicted molar refractivity (Wildman–Crippen MR) is 130 cm³/mol. The number of rotatable bonds is 4. The molecule has 1 N–H and O–H groups in total. The lowest BCUT2D eigenvalue weighted by Gasteiger charge is -2.38. The van der Waals surface area contributed by atoms with Gasteiger partial charge in [0.25, 0.3) is 0 Å². The number of thioether (sulfide) groups is 1. The van der Waals surface area contributed by atoms with Crippen molar-refractivity contribution in [1.82, 2.24) is 0 Å². The molecule has 3 atom stereocenters. The number of carboxylic acids is 1. The number of para-hydroxylation sites is 1. The van der Waals surface area contributed by atoms with Crippen LogP contribution in [0.4, 0.5) is 5.69 Å². The van der Waals surface area contributed by atoms with E-state index >= 15 is 0 Å². The number of carboxylic acid groups (broad SMARTS) is 1. The number of halogens is 1. The van der Waals surface area contributed by atoms with Crippen LogP contribution in [-0.4, -0.2) is 17.1 Å². The Morgan fingerprint density at radius 2 is 1.35 bits per heavy atom. The maximum Gasteiger partial charge on any atom is 0.326 e. The molecule has 1 aliphatic rings. The van der Waals surface area contributed by atoms with Crippen molar-refractivity contribution in [3.05, 3.63) is 101 Å². The molecule has 3 aromatic rings. The lowest BCUT2D eigenvalue weighted by molar-refractivity contribution is -0.140. The van der Waals surface area contributed by atoms with Crippen LogP contribution in [-0.2, 0) is 13.9 Å². The van der Waals surface area contributed by atoms with Crippen LogP contribution in [0.15, 0.2) is 72.8 Å². The second-order valence-electron chi connectivity index (χ2n) is 8.17. The van der Waals surface area contributed by atoms with Gasteiger partial charge in [0.1, 0.15) is 0 Å². The van der Waals surface area contributed by atoms with E-state index in [4.69, 9.17) is 11.6 Å². The maximum absolute atomic E-state index is 13.0. The molecule has 0 spiro atoms. The van der Waals surface area contributed by atoms with Crippen LogP contribution in [0, 0.1) is 20.8 Å². The van der Waals surface area contributed by atoms with Gasteiger partial charge in [0.2, 0.25) is 0 Å². The van der Waals surface area contributed by atoms with E-state index in [0.29, 0.717) is 0 Å². The Kier molecular flexibility index (Phi) is 5.57. The number of nitrogens with zero attached hydrogens (tertiary/aromatic N) is 1. The quantitative estimate of drug-likeness (QED) is 0.359. The Morgan fingerprint density at radius 1 is 0.871 bits per heavy atom. The third kappa shape index (κ3) is 3.24. The number of aryl methyl sites for hydroxylation is 3. The van der Waals surface area contributed by atoms with Gasteiger partial charge in [-0.15, -0.1) is 0 Å². The molecule has 0 amide bonds. The van der Waals surface area contributed by atoms with E-state index in [0.717, 1.165) is 33.5 Å². The summed E-state index contributed by atoms with van der Waals surface area (Å²) in [5, 5.41) is 10.7. The van der Waals surface area contributed by atoms with E-state index in [1.807, 2.05) is 100 Å². The summed E-state index contributed by atoms with van der Waals surface area (Å²) in [4.78, 5) is 15.1. The summed E-state index contributed by atoms with van der Waals surface area (Å²) in [6.45, 7) is 8.00. The van der Waals surface area contributed by atoms with Gasteiger partial charge in [-0.3, -0.25) is 4.79 Å². The van der Waals surface area contributed by atoms with E-state index in [1.54, 1.807) is 0 Å². The molecule has 1 saturated heterocycles. The lowest BCUT2D eigenvalue weighted by Crippen LogP contribution is -2.47. The van der Waals surface area contributed by atoms with Crippen molar-refractivity contribution in [3.63, 3.8) is 0 Å². The van der Waals surface area contributed by atoms with E-state index < -0.39 is 21.1 Å². The van der Waals surface area contributed by atoms with Gasteiger partial charge < -0.3 is 10.0 Å². The molecule has 1 fully saturated rings. The van der Waals surface area contributed by atoms with Crippen molar-refractivity contribution in [2.45, 2.75) is 42.8 Å². The molecule has 3 aromatic carbocycles. The summed E-state index contributed by atoms with van der Waals surface area (Å²) in [5.74, 6) is -0.881. The van der Waals surface area contributed by atoms with Crippen LogP contribution in [0.3, 0.4) is 0 Å². The third-order valence-corrected chi connectivity index (χ3v) is 8.66. The number of carbonyl (C=O) groups is 1. The SMILES string of the molecule is Cc1ccccc1N1C(C)C(C(=O)O)(c2ccccc2C)SC1(Cl)c1ccccc1C. The van der Waals surface area contributed by atoms with E-state index in [2.05, 4.69) is 4.90 Å². The smallest absolute Gasteiger partial charge is 0.326 e. The summed E-state index contributed by atoms with van der Waals surface area (Å²) in [6.07, 6.45) is 0.